The molecule has 0 unspecified atom stereocenters. The van der Waals surface area contributed by atoms with Crippen molar-refractivity contribution in [3.05, 3.63) is 45.3 Å². The monoisotopic (exact) mass is 330 g/mol. The number of aromatic amines is 1. The molecule has 0 bridgehead atoms. The molecule has 1 aliphatic rings. The van der Waals surface area contributed by atoms with E-state index < -0.39 is 5.97 Å². The van der Waals surface area contributed by atoms with Gasteiger partial charge >= 0.3 is 11.7 Å². The van der Waals surface area contributed by atoms with Gasteiger partial charge < -0.3 is 9.72 Å². The number of fused-ring (bicyclic) bond motifs is 1. The van der Waals surface area contributed by atoms with Crippen molar-refractivity contribution in [1.29, 1.82) is 0 Å². The van der Waals surface area contributed by atoms with E-state index >= 15 is 0 Å². The highest BCUT2D eigenvalue weighted by Crippen LogP contribution is 2.31. The lowest BCUT2D eigenvalue weighted by Crippen LogP contribution is -2.17. The van der Waals surface area contributed by atoms with E-state index in [1.165, 1.54) is 24.4 Å². The van der Waals surface area contributed by atoms with Crippen LogP contribution in [0.2, 0.25) is 0 Å². The van der Waals surface area contributed by atoms with E-state index in [0.29, 0.717) is 22.7 Å². The Morgan fingerprint density at radius 2 is 2.30 bits per heavy atom. The average molecular weight is 330 g/mol. The molecular formula is C15H14N4O3S. The number of aromatic nitrogens is 4. The topological polar surface area (TPSA) is 89.9 Å². The molecule has 1 saturated carbocycles. The van der Waals surface area contributed by atoms with Crippen LogP contribution >= 0.6 is 11.5 Å². The van der Waals surface area contributed by atoms with Crippen LogP contribution in [0.3, 0.4) is 0 Å². The van der Waals surface area contributed by atoms with Crippen molar-refractivity contribution in [3.63, 3.8) is 0 Å². The fraction of sp³-hybridized carbons (Fsp3) is 0.333. The Balaban J connectivity index is 1.56. The number of nitrogens with zero attached hydrogens (tertiary/aromatic N) is 3. The summed E-state index contributed by atoms with van der Waals surface area (Å²) in [6.45, 7) is 0.825. The number of hydrogen-bond donors (Lipinski definition) is 1. The van der Waals surface area contributed by atoms with Crippen LogP contribution in [0.5, 0.6) is 0 Å². The van der Waals surface area contributed by atoms with Crippen LogP contribution in [0, 0.1) is 5.92 Å². The van der Waals surface area contributed by atoms with Crippen LogP contribution in [0.4, 0.5) is 0 Å². The smallest absolute Gasteiger partial charge is 0.338 e. The maximum Gasteiger partial charge on any atom is 0.338 e. The Bertz CT molecular complexity index is 909. The zero-order chi connectivity index (χ0) is 15.8. The largest absolute Gasteiger partial charge is 0.455 e. The number of ether oxygens (including phenoxy) is 1. The molecule has 0 aliphatic heterocycles. The van der Waals surface area contributed by atoms with E-state index in [2.05, 4.69) is 14.6 Å². The molecule has 3 aromatic rings. The van der Waals surface area contributed by atoms with Crippen LogP contribution in [0.1, 0.15) is 28.9 Å². The Labute approximate surface area is 135 Å². The molecule has 0 atom stereocenters. The van der Waals surface area contributed by atoms with Gasteiger partial charge in [-0.1, -0.05) is 4.49 Å². The minimum Gasteiger partial charge on any atom is -0.455 e. The maximum atomic E-state index is 12.1. The minimum absolute atomic E-state index is 0.0899. The van der Waals surface area contributed by atoms with Gasteiger partial charge in [0.25, 0.3) is 0 Å². The summed E-state index contributed by atoms with van der Waals surface area (Å²) in [7, 11) is 0. The molecule has 1 aliphatic carbocycles. The van der Waals surface area contributed by atoms with Crippen LogP contribution in [-0.4, -0.2) is 25.1 Å². The molecule has 7 nitrogen and oxygen atoms in total. The second kappa shape index (κ2) is 5.62. The molecule has 2 heterocycles. The predicted molar refractivity (Wildman–Crippen MR) is 84.3 cm³/mol. The number of H-pyrrole nitrogens is 1. The van der Waals surface area contributed by atoms with Crippen LogP contribution in [-0.2, 0) is 17.9 Å². The first-order valence-electron chi connectivity index (χ1n) is 7.36. The van der Waals surface area contributed by atoms with E-state index in [9.17, 15) is 9.59 Å². The fourth-order valence-corrected chi connectivity index (χ4v) is 2.94. The van der Waals surface area contributed by atoms with E-state index in [1.54, 1.807) is 28.1 Å². The summed E-state index contributed by atoms with van der Waals surface area (Å²) in [6.07, 6.45) is 2.35. The van der Waals surface area contributed by atoms with E-state index in [1.807, 2.05) is 0 Å². The summed E-state index contributed by atoms with van der Waals surface area (Å²) < 4.78 is 10.7. The van der Waals surface area contributed by atoms with Gasteiger partial charge in [0.05, 0.1) is 16.6 Å². The van der Waals surface area contributed by atoms with E-state index in [-0.39, 0.29) is 12.3 Å². The van der Waals surface area contributed by atoms with Gasteiger partial charge in [-0.15, -0.1) is 5.10 Å². The molecule has 23 heavy (non-hydrogen) atoms. The zero-order valence-corrected chi connectivity index (χ0v) is 13.0. The Morgan fingerprint density at radius 3 is 3.04 bits per heavy atom. The van der Waals surface area contributed by atoms with Gasteiger partial charge in [0.2, 0.25) is 0 Å². The number of benzene rings is 1. The number of imidazole rings is 1. The first-order valence-corrected chi connectivity index (χ1v) is 8.20. The molecule has 1 N–H and O–H groups in total. The van der Waals surface area contributed by atoms with Crippen molar-refractivity contribution in [2.75, 3.05) is 0 Å². The highest BCUT2D eigenvalue weighted by atomic mass is 32.1. The SMILES string of the molecule is O=C(OCc1csnn1)c1ccc2c(c1)[nH]c(=O)n2CC1CC1. The molecule has 8 heteroatoms. The van der Waals surface area contributed by atoms with Gasteiger partial charge in [0, 0.05) is 11.9 Å². The zero-order valence-electron chi connectivity index (χ0n) is 12.2. The third kappa shape index (κ3) is 2.89. The Hall–Kier alpha value is -2.48. The number of carbonyl (C=O) groups excluding carboxylic acids is 1. The summed E-state index contributed by atoms with van der Waals surface area (Å²) in [5, 5.41) is 5.55. The van der Waals surface area contributed by atoms with E-state index in [4.69, 9.17) is 4.74 Å². The lowest BCUT2D eigenvalue weighted by molar-refractivity contribution is 0.0468. The molecule has 4 rings (SSSR count). The van der Waals surface area contributed by atoms with Crippen molar-refractivity contribution >= 4 is 28.5 Å². The van der Waals surface area contributed by atoms with Gasteiger partial charge in [-0.25, -0.2) is 9.59 Å². The van der Waals surface area contributed by atoms with Crippen LogP contribution < -0.4 is 5.69 Å². The second-order valence-corrected chi connectivity index (χ2v) is 6.30. The first-order chi connectivity index (χ1) is 11.2. The predicted octanol–water partition coefficient (Wildman–Crippen LogP) is 1.95. The molecule has 1 fully saturated rings. The van der Waals surface area contributed by atoms with Crippen molar-refractivity contribution in [2.45, 2.75) is 26.0 Å². The highest BCUT2D eigenvalue weighted by Gasteiger charge is 2.23. The summed E-state index contributed by atoms with van der Waals surface area (Å²) >= 11 is 1.21. The van der Waals surface area contributed by atoms with Crippen LogP contribution in [0.25, 0.3) is 11.0 Å². The molecule has 0 radical (unpaired) electrons. The third-order valence-corrected chi connectivity index (χ3v) is 4.46. The minimum atomic E-state index is -0.448. The van der Waals surface area contributed by atoms with Gasteiger partial charge in [0.1, 0.15) is 12.3 Å². The Kier molecular flexibility index (Phi) is 3.45. The summed E-state index contributed by atoms with van der Waals surface area (Å²) in [4.78, 5) is 26.9. The highest BCUT2D eigenvalue weighted by molar-refractivity contribution is 7.03. The molecule has 118 valence electrons. The number of carbonyl (C=O) groups is 1. The van der Waals surface area contributed by atoms with Crippen LogP contribution in [0.15, 0.2) is 28.4 Å². The van der Waals surface area contributed by atoms with E-state index in [0.717, 1.165) is 12.1 Å². The third-order valence-electron chi connectivity index (χ3n) is 3.90. The molecule has 0 amide bonds. The first kappa shape index (κ1) is 14.1. The second-order valence-electron chi connectivity index (χ2n) is 5.69. The van der Waals surface area contributed by atoms with Crippen molar-refractivity contribution in [1.82, 2.24) is 19.1 Å². The molecule has 2 aromatic heterocycles. The molecule has 0 spiro atoms. The van der Waals surface area contributed by atoms with Crippen molar-refractivity contribution in [3.8, 4) is 0 Å². The Morgan fingerprint density at radius 1 is 1.43 bits per heavy atom. The lowest BCUT2D eigenvalue weighted by atomic mass is 10.2. The van der Waals surface area contributed by atoms with Gasteiger partial charge in [-0.05, 0) is 48.5 Å². The standard InChI is InChI=1S/C15H14N4O3S/c20-14(22-7-11-8-23-18-17-11)10-3-4-13-12(5-10)16-15(21)19(13)6-9-1-2-9/h3-5,8-9H,1-2,6-7H2,(H,16,21). The number of nitrogens with one attached hydrogen (secondary N) is 1. The summed E-state index contributed by atoms with van der Waals surface area (Å²) in [6, 6.07) is 5.12. The summed E-state index contributed by atoms with van der Waals surface area (Å²) in [5.41, 5.74) is 2.36. The van der Waals surface area contributed by atoms with Gasteiger partial charge in [-0.3, -0.25) is 4.57 Å². The number of hydrogen-bond acceptors (Lipinski definition) is 6. The lowest BCUT2D eigenvalue weighted by Gasteiger charge is -2.04. The van der Waals surface area contributed by atoms with Gasteiger partial charge in [-0.2, -0.15) is 0 Å². The molecule has 0 saturated heterocycles. The fourth-order valence-electron chi connectivity index (χ4n) is 2.50. The van der Waals surface area contributed by atoms with Crippen molar-refractivity contribution < 1.29 is 9.53 Å². The summed E-state index contributed by atoms with van der Waals surface area (Å²) in [5.74, 6) is 0.152. The number of rotatable bonds is 5. The molecular weight excluding hydrogens is 316 g/mol. The normalized spacial score (nSPS) is 14.3. The average Bonchev–Trinajstić information content (AvgIpc) is 3.11. The van der Waals surface area contributed by atoms with Crippen molar-refractivity contribution in [2.24, 2.45) is 5.92 Å². The quantitative estimate of drug-likeness (QED) is 0.722. The molecule has 1 aromatic carbocycles. The number of esters is 1. The maximum absolute atomic E-state index is 12.1. The van der Waals surface area contributed by atoms with Gasteiger partial charge in [0.15, 0.2) is 0 Å².